The molecule has 1 aromatic heterocycles. The lowest BCUT2D eigenvalue weighted by molar-refractivity contribution is -0.150. The molecular formula is C18H29N3O7. The van der Waals surface area contributed by atoms with Crippen molar-refractivity contribution in [2.45, 2.75) is 76.4 Å². The maximum atomic E-state index is 12.0. The van der Waals surface area contributed by atoms with Crippen molar-refractivity contribution in [2.24, 2.45) is 0 Å². The third-order valence-electron chi connectivity index (χ3n) is 4.70. The number of hydrogen-bond acceptors (Lipinski definition) is 9. The number of nitrogens with zero attached hydrogens (tertiary/aromatic N) is 2. The quantitative estimate of drug-likeness (QED) is 0.243. The van der Waals surface area contributed by atoms with Crippen LogP contribution in [0.15, 0.2) is 17.1 Å². The van der Waals surface area contributed by atoms with Gasteiger partial charge in [-0.2, -0.15) is 4.98 Å². The van der Waals surface area contributed by atoms with Crippen LogP contribution in [-0.4, -0.2) is 55.9 Å². The molecule has 28 heavy (non-hydrogen) atoms. The first-order valence-corrected chi connectivity index (χ1v) is 9.64. The molecule has 1 saturated heterocycles. The zero-order valence-corrected chi connectivity index (χ0v) is 16.0. The standard InChI is InChI=1S/C18H29N3O7/c1-2-3-4-5-6-7-8-14(22)27-11-12-15(23)16(24)17(28-12)21-10-9-13(20-26)19-18(21)25/h9-10,12,15-17,23-24,26H,2-8,11H2,1H3,(H,19,20,25)/t12-,15-,16-,17-/m1/s1. The van der Waals surface area contributed by atoms with Crippen LogP contribution in [0.25, 0.3) is 0 Å². The molecule has 0 saturated carbocycles. The fourth-order valence-corrected chi connectivity index (χ4v) is 3.06. The van der Waals surface area contributed by atoms with Crippen LogP contribution < -0.4 is 11.2 Å². The van der Waals surface area contributed by atoms with Crippen molar-refractivity contribution >= 4 is 11.8 Å². The molecule has 2 rings (SSSR count). The number of esters is 1. The Hall–Kier alpha value is -2.01. The molecule has 1 aliphatic rings. The van der Waals surface area contributed by atoms with Crippen molar-refractivity contribution in [1.82, 2.24) is 9.55 Å². The van der Waals surface area contributed by atoms with E-state index < -0.39 is 30.2 Å². The van der Waals surface area contributed by atoms with Crippen molar-refractivity contribution in [1.29, 1.82) is 0 Å². The Bertz CT molecular complexity index is 681. The number of rotatable bonds is 11. The summed E-state index contributed by atoms with van der Waals surface area (Å²) in [5, 5.41) is 29.1. The number of aromatic nitrogens is 2. The number of aliphatic hydroxyl groups is 2. The fourth-order valence-electron chi connectivity index (χ4n) is 3.06. The number of unbranched alkanes of at least 4 members (excludes halogenated alkanes) is 5. The first kappa shape index (κ1) is 22.3. The van der Waals surface area contributed by atoms with Crippen molar-refractivity contribution in [3.8, 4) is 0 Å². The van der Waals surface area contributed by atoms with Crippen LogP contribution in [0.1, 0.15) is 58.1 Å². The summed E-state index contributed by atoms with van der Waals surface area (Å²) in [5.74, 6) is -0.448. The maximum Gasteiger partial charge on any atom is 0.351 e. The number of carbonyl (C=O) groups is 1. The summed E-state index contributed by atoms with van der Waals surface area (Å²) in [4.78, 5) is 27.3. The van der Waals surface area contributed by atoms with Crippen LogP contribution in [0.4, 0.5) is 5.82 Å². The normalized spacial score (nSPS) is 24.3. The summed E-state index contributed by atoms with van der Waals surface area (Å²) in [7, 11) is 0. The topological polar surface area (TPSA) is 143 Å². The molecule has 1 fully saturated rings. The van der Waals surface area contributed by atoms with Crippen LogP contribution in [0.2, 0.25) is 0 Å². The van der Waals surface area contributed by atoms with E-state index in [1.165, 1.54) is 25.1 Å². The lowest BCUT2D eigenvalue weighted by atomic mass is 10.1. The first-order valence-electron chi connectivity index (χ1n) is 9.64. The van der Waals surface area contributed by atoms with E-state index in [1.807, 2.05) is 0 Å². The van der Waals surface area contributed by atoms with Gasteiger partial charge in [-0.25, -0.2) is 4.79 Å². The number of ether oxygens (including phenoxy) is 2. The van der Waals surface area contributed by atoms with E-state index in [9.17, 15) is 19.8 Å². The average Bonchev–Trinajstić information content (AvgIpc) is 2.97. The summed E-state index contributed by atoms with van der Waals surface area (Å²) >= 11 is 0. The number of hydrogen-bond donors (Lipinski definition) is 4. The Morgan fingerprint density at radius 2 is 1.96 bits per heavy atom. The van der Waals surface area contributed by atoms with E-state index in [0.717, 1.165) is 30.3 Å². The molecular weight excluding hydrogens is 370 g/mol. The molecule has 10 heteroatoms. The van der Waals surface area contributed by atoms with E-state index in [4.69, 9.17) is 14.7 Å². The van der Waals surface area contributed by atoms with E-state index >= 15 is 0 Å². The molecule has 4 N–H and O–H groups in total. The van der Waals surface area contributed by atoms with Gasteiger partial charge in [-0.15, -0.1) is 0 Å². The van der Waals surface area contributed by atoms with Gasteiger partial charge in [-0.1, -0.05) is 39.0 Å². The molecule has 0 bridgehead atoms. The molecule has 2 heterocycles. The molecule has 0 radical (unpaired) electrons. The molecule has 0 unspecified atom stereocenters. The summed E-state index contributed by atoms with van der Waals surface area (Å²) in [6.45, 7) is 1.93. The fraction of sp³-hybridized carbons (Fsp3) is 0.722. The zero-order chi connectivity index (χ0) is 20.5. The zero-order valence-electron chi connectivity index (χ0n) is 16.0. The Labute approximate surface area is 163 Å². The van der Waals surface area contributed by atoms with Gasteiger partial charge in [0, 0.05) is 12.6 Å². The highest BCUT2D eigenvalue weighted by molar-refractivity contribution is 5.69. The van der Waals surface area contributed by atoms with Crippen LogP contribution in [0, 0.1) is 0 Å². The highest BCUT2D eigenvalue weighted by atomic mass is 16.6. The Morgan fingerprint density at radius 1 is 1.25 bits per heavy atom. The van der Waals surface area contributed by atoms with Crippen LogP contribution in [0.3, 0.4) is 0 Å². The first-order chi connectivity index (χ1) is 13.5. The van der Waals surface area contributed by atoms with Gasteiger partial charge in [0.05, 0.1) is 0 Å². The monoisotopic (exact) mass is 399 g/mol. The van der Waals surface area contributed by atoms with E-state index in [0.29, 0.717) is 6.42 Å². The smallest absolute Gasteiger partial charge is 0.351 e. The predicted molar refractivity (Wildman–Crippen MR) is 98.8 cm³/mol. The third kappa shape index (κ3) is 5.99. The van der Waals surface area contributed by atoms with Gasteiger partial charge >= 0.3 is 11.7 Å². The maximum absolute atomic E-state index is 12.0. The van der Waals surface area contributed by atoms with Gasteiger partial charge in [0.1, 0.15) is 24.9 Å². The third-order valence-corrected chi connectivity index (χ3v) is 4.70. The second-order valence-electron chi connectivity index (χ2n) is 6.86. The molecule has 4 atom stereocenters. The number of nitrogens with one attached hydrogen (secondary N) is 1. The van der Waals surface area contributed by atoms with E-state index in [1.54, 1.807) is 5.48 Å². The number of anilines is 1. The molecule has 158 valence electrons. The number of aliphatic hydroxyl groups excluding tert-OH is 2. The lowest BCUT2D eigenvalue weighted by Crippen LogP contribution is -2.36. The van der Waals surface area contributed by atoms with Gasteiger partial charge < -0.3 is 19.7 Å². The summed E-state index contributed by atoms with van der Waals surface area (Å²) < 4.78 is 11.6. The van der Waals surface area contributed by atoms with Crippen LogP contribution in [-0.2, 0) is 14.3 Å². The summed E-state index contributed by atoms with van der Waals surface area (Å²) in [6.07, 6.45) is 3.03. The summed E-state index contributed by atoms with van der Waals surface area (Å²) in [6, 6.07) is 1.30. The summed E-state index contributed by atoms with van der Waals surface area (Å²) in [5.41, 5.74) is 0.962. The van der Waals surface area contributed by atoms with E-state index in [-0.39, 0.29) is 18.4 Å². The molecule has 1 aromatic rings. The Balaban J connectivity index is 1.81. The van der Waals surface area contributed by atoms with Crippen LogP contribution in [0.5, 0.6) is 0 Å². The number of carbonyl (C=O) groups excluding carboxylic acids is 1. The second-order valence-corrected chi connectivity index (χ2v) is 6.86. The Kier molecular flexibility index (Phi) is 8.84. The van der Waals surface area contributed by atoms with Crippen molar-refractivity contribution in [3.63, 3.8) is 0 Å². The highest BCUT2D eigenvalue weighted by Gasteiger charge is 2.44. The SMILES string of the molecule is CCCCCCCCC(=O)OC[C@H]1O[C@@H](n2ccc(NO)nc2=O)[C@H](O)[C@@H]1O. The van der Waals surface area contributed by atoms with E-state index in [2.05, 4.69) is 11.9 Å². The minimum absolute atomic E-state index is 0.0607. The molecule has 0 amide bonds. The van der Waals surface area contributed by atoms with Gasteiger partial charge in [0.15, 0.2) is 12.0 Å². The molecule has 0 spiro atoms. The minimum Gasteiger partial charge on any atom is -0.463 e. The highest BCUT2D eigenvalue weighted by Crippen LogP contribution is 2.28. The average molecular weight is 399 g/mol. The largest absolute Gasteiger partial charge is 0.463 e. The predicted octanol–water partition coefficient (Wildman–Crippen LogP) is 0.957. The lowest BCUT2D eigenvalue weighted by Gasteiger charge is -2.17. The molecule has 1 aliphatic heterocycles. The van der Waals surface area contributed by atoms with Crippen LogP contribution >= 0.6 is 0 Å². The van der Waals surface area contributed by atoms with Gasteiger partial charge in [-0.3, -0.25) is 20.0 Å². The molecule has 0 aromatic carbocycles. The second kappa shape index (κ2) is 11.1. The Morgan fingerprint density at radius 3 is 2.64 bits per heavy atom. The molecule has 10 nitrogen and oxygen atoms in total. The van der Waals surface area contributed by atoms with Crippen molar-refractivity contribution in [2.75, 3.05) is 12.1 Å². The van der Waals surface area contributed by atoms with Gasteiger partial charge in [0.2, 0.25) is 0 Å². The molecule has 0 aliphatic carbocycles. The van der Waals surface area contributed by atoms with Gasteiger partial charge in [-0.05, 0) is 12.5 Å². The minimum atomic E-state index is -1.39. The van der Waals surface area contributed by atoms with Gasteiger partial charge in [0.25, 0.3) is 0 Å². The van der Waals surface area contributed by atoms with Crippen molar-refractivity contribution < 1.29 is 29.7 Å². The van der Waals surface area contributed by atoms with Crippen molar-refractivity contribution in [3.05, 3.63) is 22.7 Å².